The molecule has 18 heavy (non-hydrogen) atoms. The van der Waals surface area contributed by atoms with Crippen LogP contribution in [0.1, 0.15) is 22.8 Å². The summed E-state index contributed by atoms with van der Waals surface area (Å²) in [5, 5.41) is 3.45. The van der Waals surface area contributed by atoms with Crippen LogP contribution in [-0.4, -0.2) is 9.97 Å². The summed E-state index contributed by atoms with van der Waals surface area (Å²) >= 11 is 0. The summed E-state index contributed by atoms with van der Waals surface area (Å²) in [6, 6.07) is 3.89. The molecular formula is C12H9N5O. The van der Waals surface area contributed by atoms with E-state index in [0.29, 0.717) is 11.6 Å². The highest BCUT2D eigenvalue weighted by Crippen LogP contribution is 2.30. The molecule has 6 heteroatoms. The highest BCUT2D eigenvalue weighted by atomic mass is 16.3. The summed E-state index contributed by atoms with van der Waals surface area (Å²) < 4.78 is 5.41. The van der Waals surface area contributed by atoms with Crippen LogP contribution < -0.4 is 0 Å². The average Bonchev–Trinajstić information content (AvgIpc) is 3.02. The van der Waals surface area contributed by atoms with Crippen molar-refractivity contribution >= 4 is 5.57 Å². The molecule has 0 amide bonds. The van der Waals surface area contributed by atoms with Gasteiger partial charge in [-0.1, -0.05) is 17.3 Å². The summed E-state index contributed by atoms with van der Waals surface area (Å²) in [6.07, 6.45) is 6.12. The molecule has 1 aliphatic carbocycles. The van der Waals surface area contributed by atoms with Gasteiger partial charge in [0.2, 0.25) is 5.89 Å². The second-order valence-electron chi connectivity index (χ2n) is 3.85. The Morgan fingerprint density at radius 1 is 1.50 bits per heavy atom. The van der Waals surface area contributed by atoms with Crippen molar-refractivity contribution in [3.05, 3.63) is 64.0 Å². The first-order valence-corrected chi connectivity index (χ1v) is 5.48. The van der Waals surface area contributed by atoms with Gasteiger partial charge in [-0.2, -0.15) is 0 Å². The molecule has 0 N–H and O–H groups in total. The zero-order valence-electron chi connectivity index (χ0n) is 9.45. The topological polar surface area (TPSA) is 87.7 Å². The fourth-order valence-corrected chi connectivity index (χ4v) is 1.96. The number of rotatable bonds is 3. The smallest absolute Gasteiger partial charge is 0.226 e. The third kappa shape index (κ3) is 1.74. The maximum Gasteiger partial charge on any atom is 0.226 e. The number of nitrogens with zero attached hydrogens (tertiary/aromatic N) is 5. The van der Waals surface area contributed by atoms with E-state index in [1.54, 1.807) is 6.20 Å². The lowest BCUT2D eigenvalue weighted by atomic mass is 10.1. The summed E-state index contributed by atoms with van der Waals surface area (Å²) in [6.45, 7) is 0.202. The van der Waals surface area contributed by atoms with Crippen LogP contribution in [0.3, 0.4) is 0 Å². The van der Waals surface area contributed by atoms with Crippen molar-refractivity contribution in [3.63, 3.8) is 0 Å². The lowest BCUT2D eigenvalue weighted by Crippen LogP contribution is -1.90. The minimum absolute atomic E-state index is 0.202. The van der Waals surface area contributed by atoms with Crippen molar-refractivity contribution < 1.29 is 4.42 Å². The van der Waals surface area contributed by atoms with E-state index in [9.17, 15) is 0 Å². The number of oxazole rings is 1. The first-order chi connectivity index (χ1) is 8.88. The number of hydrogen-bond acceptors (Lipinski definition) is 4. The van der Waals surface area contributed by atoms with Crippen LogP contribution in [0.2, 0.25) is 0 Å². The molecule has 0 saturated heterocycles. The van der Waals surface area contributed by atoms with E-state index in [4.69, 9.17) is 9.95 Å². The monoisotopic (exact) mass is 239 g/mol. The molecule has 2 heterocycles. The van der Waals surface area contributed by atoms with Crippen LogP contribution in [0.15, 0.2) is 40.2 Å². The zero-order valence-corrected chi connectivity index (χ0v) is 9.45. The molecule has 0 aliphatic heterocycles. The van der Waals surface area contributed by atoms with Gasteiger partial charge in [0.05, 0.1) is 17.9 Å². The first-order valence-electron chi connectivity index (χ1n) is 5.48. The minimum Gasteiger partial charge on any atom is -0.444 e. The van der Waals surface area contributed by atoms with Gasteiger partial charge in [-0.15, -0.1) is 0 Å². The lowest BCUT2D eigenvalue weighted by Gasteiger charge is -1.99. The van der Waals surface area contributed by atoms with Crippen molar-refractivity contribution in [2.24, 2.45) is 5.11 Å². The van der Waals surface area contributed by atoms with Crippen LogP contribution >= 0.6 is 0 Å². The third-order valence-corrected chi connectivity index (χ3v) is 2.76. The Labute approximate surface area is 103 Å². The number of fused-ring (bicyclic) bond motifs is 1. The Balaban J connectivity index is 1.93. The van der Waals surface area contributed by atoms with Gasteiger partial charge in [-0.3, -0.25) is 4.98 Å². The molecule has 88 valence electrons. The van der Waals surface area contributed by atoms with Crippen molar-refractivity contribution in [3.8, 4) is 0 Å². The molecule has 0 atom stereocenters. The van der Waals surface area contributed by atoms with Gasteiger partial charge >= 0.3 is 0 Å². The molecule has 2 aromatic heterocycles. The van der Waals surface area contributed by atoms with Gasteiger partial charge in [-0.05, 0) is 11.6 Å². The van der Waals surface area contributed by atoms with E-state index in [-0.39, 0.29) is 6.54 Å². The van der Waals surface area contributed by atoms with E-state index in [2.05, 4.69) is 20.0 Å². The minimum atomic E-state index is 0.202. The highest BCUT2D eigenvalue weighted by Gasteiger charge is 2.19. The molecule has 0 fully saturated rings. The molecule has 1 aliphatic rings. The van der Waals surface area contributed by atoms with E-state index < -0.39 is 0 Å². The van der Waals surface area contributed by atoms with Crippen LogP contribution in [0.25, 0.3) is 16.0 Å². The van der Waals surface area contributed by atoms with Gasteiger partial charge in [0.15, 0.2) is 0 Å². The van der Waals surface area contributed by atoms with Crippen molar-refractivity contribution in [1.29, 1.82) is 0 Å². The fraction of sp³-hybridized carbons (Fsp3) is 0.167. The molecule has 0 unspecified atom stereocenters. The summed E-state index contributed by atoms with van der Waals surface area (Å²) in [5.41, 5.74) is 11.9. The third-order valence-electron chi connectivity index (χ3n) is 2.76. The van der Waals surface area contributed by atoms with Gasteiger partial charge in [0.25, 0.3) is 0 Å². The Morgan fingerprint density at radius 2 is 2.44 bits per heavy atom. The van der Waals surface area contributed by atoms with Crippen LogP contribution in [-0.2, 0) is 13.0 Å². The van der Waals surface area contributed by atoms with Crippen molar-refractivity contribution in [2.75, 3.05) is 0 Å². The van der Waals surface area contributed by atoms with Gasteiger partial charge in [0.1, 0.15) is 6.26 Å². The standard InChI is InChI=1S/C12H9N5O/c13-17-15-6-8-7-18-12(16-8)10-3-4-11-9(10)2-1-5-14-11/h1-3,5,7H,4,6H2. The first kappa shape index (κ1) is 10.6. The Bertz CT molecular complexity index is 667. The normalized spacial score (nSPS) is 12.8. The SMILES string of the molecule is [N-]=[N+]=NCc1coc(C2=CCc3ncccc32)n1. The summed E-state index contributed by atoms with van der Waals surface area (Å²) in [5.74, 6) is 0.546. The number of hydrogen-bond donors (Lipinski definition) is 0. The molecule has 3 rings (SSSR count). The number of allylic oxidation sites excluding steroid dienone is 1. The summed E-state index contributed by atoms with van der Waals surface area (Å²) in [4.78, 5) is 11.3. The molecular weight excluding hydrogens is 230 g/mol. The molecule has 2 aromatic rings. The van der Waals surface area contributed by atoms with E-state index >= 15 is 0 Å². The van der Waals surface area contributed by atoms with Crippen LogP contribution in [0, 0.1) is 0 Å². The van der Waals surface area contributed by atoms with Gasteiger partial charge in [-0.25, -0.2) is 4.98 Å². The van der Waals surface area contributed by atoms with E-state index in [1.807, 2.05) is 18.2 Å². The van der Waals surface area contributed by atoms with Gasteiger partial charge < -0.3 is 4.42 Å². The maximum absolute atomic E-state index is 8.26. The quantitative estimate of drug-likeness (QED) is 0.468. The fourth-order valence-electron chi connectivity index (χ4n) is 1.96. The predicted molar refractivity (Wildman–Crippen MR) is 64.4 cm³/mol. The van der Waals surface area contributed by atoms with Crippen LogP contribution in [0.4, 0.5) is 0 Å². The number of pyridine rings is 1. The predicted octanol–water partition coefficient (Wildman–Crippen LogP) is 2.87. The zero-order chi connectivity index (χ0) is 12.4. The molecule has 0 bridgehead atoms. The largest absolute Gasteiger partial charge is 0.444 e. The molecule has 6 nitrogen and oxygen atoms in total. The Morgan fingerprint density at radius 3 is 3.33 bits per heavy atom. The lowest BCUT2D eigenvalue weighted by molar-refractivity contribution is 0.542. The molecule has 0 radical (unpaired) electrons. The van der Waals surface area contributed by atoms with Crippen molar-refractivity contribution in [2.45, 2.75) is 13.0 Å². The Kier molecular flexibility index (Phi) is 2.55. The molecule has 0 aromatic carbocycles. The molecule has 0 saturated carbocycles. The second-order valence-corrected chi connectivity index (χ2v) is 3.85. The summed E-state index contributed by atoms with van der Waals surface area (Å²) in [7, 11) is 0. The second kappa shape index (κ2) is 4.35. The molecule has 0 spiro atoms. The highest BCUT2D eigenvalue weighted by molar-refractivity contribution is 5.80. The number of aromatic nitrogens is 2. The van der Waals surface area contributed by atoms with Gasteiger partial charge in [0, 0.05) is 28.7 Å². The Hall–Kier alpha value is -2.59. The average molecular weight is 239 g/mol. The van der Waals surface area contributed by atoms with Crippen LogP contribution in [0.5, 0.6) is 0 Å². The number of azide groups is 1. The van der Waals surface area contributed by atoms with Crippen molar-refractivity contribution in [1.82, 2.24) is 9.97 Å². The maximum atomic E-state index is 8.26. The van der Waals surface area contributed by atoms with E-state index in [1.165, 1.54) is 6.26 Å². The van der Waals surface area contributed by atoms with E-state index in [0.717, 1.165) is 23.3 Å².